The van der Waals surface area contributed by atoms with E-state index in [1.165, 1.54) is 0 Å². The molecular formula is C25H22N2O3S. The molecule has 0 fully saturated rings. The first kappa shape index (κ1) is 19.7. The van der Waals surface area contributed by atoms with Crippen LogP contribution in [0.3, 0.4) is 0 Å². The van der Waals surface area contributed by atoms with E-state index in [9.17, 15) is 13.2 Å². The predicted octanol–water partition coefficient (Wildman–Crippen LogP) is 4.63. The van der Waals surface area contributed by atoms with Gasteiger partial charge in [-0.3, -0.25) is 4.79 Å². The van der Waals surface area contributed by atoms with Crippen LogP contribution in [0.25, 0.3) is 10.9 Å². The average molecular weight is 431 g/mol. The van der Waals surface area contributed by atoms with Crippen LogP contribution in [0.1, 0.15) is 38.8 Å². The highest BCUT2D eigenvalue weighted by Gasteiger charge is 2.39. The highest BCUT2D eigenvalue weighted by Crippen LogP contribution is 2.41. The van der Waals surface area contributed by atoms with Gasteiger partial charge in [-0.1, -0.05) is 60.2 Å². The van der Waals surface area contributed by atoms with Crippen LogP contribution in [-0.2, 0) is 16.4 Å². The first-order valence-corrected chi connectivity index (χ1v) is 11.7. The molecule has 0 aliphatic carbocycles. The Morgan fingerprint density at radius 1 is 0.968 bits per heavy atom. The number of nitrogens with zero attached hydrogens (tertiary/aromatic N) is 1. The van der Waals surface area contributed by atoms with Gasteiger partial charge in [0.25, 0.3) is 0 Å². The third kappa shape index (κ3) is 3.28. The van der Waals surface area contributed by atoms with Crippen molar-refractivity contribution in [3.63, 3.8) is 0 Å². The molecule has 0 amide bonds. The fourth-order valence-corrected chi connectivity index (χ4v) is 6.00. The van der Waals surface area contributed by atoms with Crippen LogP contribution in [0.4, 0.5) is 0 Å². The topological polar surface area (TPSA) is 70.2 Å². The molecule has 1 aliphatic rings. The van der Waals surface area contributed by atoms with Crippen molar-refractivity contribution in [1.29, 1.82) is 0 Å². The lowest BCUT2D eigenvalue weighted by Crippen LogP contribution is -2.40. The zero-order chi connectivity index (χ0) is 21.6. The Morgan fingerprint density at radius 3 is 2.39 bits per heavy atom. The lowest BCUT2D eigenvalue weighted by Gasteiger charge is -2.35. The molecule has 0 saturated carbocycles. The highest BCUT2D eigenvalue weighted by atomic mass is 32.2. The van der Waals surface area contributed by atoms with E-state index in [-0.39, 0.29) is 4.90 Å². The second kappa shape index (κ2) is 7.48. The van der Waals surface area contributed by atoms with Gasteiger partial charge in [0, 0.05) is 28.7 Å². The van der Waals surface area contributed by atoms with E-state index in [0.29, 0.717) is 18.5 Å². The maximum Gasteiger partial charge on any atom is 0.244 e. The zero-order valence-electron chi connectivity index (χ0n) is 17.1. The summed E-state index contributed by atoms with van der Waals surface area (Å²) in [7, 11) is -3.73. The van der Waals surface area contributed by atoms with Crippen LogP contribution in [0.15, 0.2) is 77.7 Å². The fraction of sp³-hybridized carbons (Fsp3) is 0.160. The number of aromatic nitrogens is 1. The van der Waals surface area contributed by atoms with Gasteiger partial charge in [-0.05, 0) is 42.7 Å². The van der Waals surface area contributed by atoms with E-state index in [1.807, 2.05) is 49.4 Å². The highest BCUT2D eigenvalue weighted by molar-refractivity contribution is 7.89. The second-order valence-electron chi connectivity index (χ2n) is 7.93. The Balaban J connectivity index is 1.70. The lowest BCUT2D eigenvalue weighted by atomic mass is 9.94. The van der Waals surface area contributed by atoms with Gasteiger partial charge >= 0.3 is 0 Å². The minimum Gasteiger partial charge on any atom is -0.357 e. The van der Waals surface area contributed by atoms with Crippen LogP contribution >= 0.6 is 0 Å². The number of carbonyl (C=O) groups excluding carboxylic acids is 1. The quantitative estimate of drug-likeness (QED) is 0.480. The van der Waals surface area contributed by atoms with Crippen molar-refractivity contribution in [3.8, 4) is 0 Å². The maximum absolute atomic E-state index is 13.7. The number of nitrogens with one attached hydrogen (secondary N) is 1. The number of para-hydroxylation sites is 1. The summed E-state index contributed by atoms with van der Waals surface area (Å²) in [5.74, 6) is 0. The Bertz CT molecular complexity index is 1370. The normalized spacial score (nSPS) is 16.9. The molecule has 1 aliphatic heterocycles. The summed E-state index contributed by atoms with van der Waals surface area (Å²) in [5.41, 5.74) is 5.43. The fourth-order valence-electron chi connectivity index (χ4n) is 4.41. The molecule has 0 spiro atoms. The SMILES string of the molecule is Cc1ccc(S(=O)(=O)N2CCc3c([nH]c4ccccc34)C2c2ccc(C=O)cc2)cc1. The first-order chi connectivity index (χ1) is 15.0. The lowest BCUT2D eigenvalue weighted by molar-refractivity contribution is 0.112. The molecule has 1 aromatic heterocycles. The number of hydrogen-bond donors (Lipinski definition) is 1. The van der Waals surface area contributed by atoms with Crippen molar-refractivity contribution in [1.82, 2.24) is 9.29 Å². The number of benzene rings is 3. The Hall–Kier alpha value is -3.22. The van der Waals surface area contributed by atoms with Crippen LogP contribution in [-0.4, -0.2) is 30.5 Å². The molecule has 5 nitrogen and oxygen atoms in total. The zero-order valence-corrected chi connectivity index (χ0v) is 17.9. The van der Waals surface area contributed by atoms with Crippen LogP contribution in [0.2, 0.25) is 0 Å². The molecule has 0 saturated heterocycles. The van der Waals surface area contributed by atoms with Crippen molar-refractivity contribution in [2.45, 2.75) is 24.3 Å². The standard InChI is InChI=1S/C25H22N2O3S/c1-17-6-12-20(13-7-17)31(29,30)27-15-14-22-21-4-2-3-5-23(21)26-24(22)25(27)19-10-8-18(16-28)9-11-19/h2-13,16,25-26H,14-15H2,1H3. The summed E-state index contributed by atoms with van der Waals surface area (Å²) in [6.07, 6.45) is 1.42. The molecule has 31 heavy (non-hydrogen) atoms. The van der Waals surface area contributed by atoms with E-state index >= 15 is 0 Å². The third-order valence-electron chi connectivity index (χ3n) is 6.01. The Labute approximate surface area is 181 Å². The predicted molar refractivity (Wildman–Crippen MR) is 121 cm³/mol. The number of carbonyl (C=O) groups is 1. The molecule has 4 aromatic rings. The minimum absolute atomic E-state index is 0.284. The largest absolute Gasteiger partial charge is 0.357 e. The number of hydrogen-bond acceptors (Lipinski definition) is 3. The number of aryl methyl sites for hydroxylation is 1. The van der Waals surface area contributed by atoms with E-state index in [4.69, 9.17) is 0 Å². The van der Waals surface area contributed by atoms with E-state index in [1.54, 1.807) is 28.6 Å². The summed E-state index contributed by atoms with van der Waals surface area (Å²) in [5, 5.41) is 1.12. The first-order valence-electron chi connectivity index (χ1n) is 10.2. The number of aldehydes is 1. The molecule has 0 bridgehead atoms. The van der Waals surface area contributed by atoms with E-state index in [2.05, 4.69) is 11.1 Å². The number of H-pyrrole nitrogens is 1. The number of fused-ring (bicyclic) bond motifs is 3. The second-order valence-corrected chi connectivity index (χ2v) is 9.82. The molecule has 1 atom stereocenters. The molecule has 0 radical (unpaired) electrons. The van der Waals surface area contributed by atoms with Gasteiger partial charge in [0.05, 0.1) is 10.9 Å². The van der Waals surface area contributed by atoms with Gasteiger partial charge in [-0.2, -0.15) is 4.31 Å². The minimum atomic E-state index is -3.73. The van der Waals surface area contributed by atoms with Crippen LogP contribution < -0.4 is 0 Å². The molecule has 1 N–H and O–H groups in total. The van der Waals surface area contributed by atoms with E-state index in [0.717, 1.165) is 39.6 Å². The van der Waals surface area contributed by atoms with Crippen LogP contribution in [0, 0.1) is 6.92 Å². The molecule has 2 heterocycles. The van der Waals surface area contributed by atoms with Crippen molar-refractivity contribution in [3.05, 3.63) is 101 Å². The summed E-state index contributed by atoms with van der Waals surface area (Å²) < 4.78 is 28.9. The molecule has 5 rings (SSSR count). The number of aromatic amines is 1. The number of rotatable bonds is 4. The van der Waals surface area contributed by atoms with Crippen molar-refractivity contribution < 1.29 is 13.2 Å². The smallest absolute Gasteiger partial charge is 0.244 e. The van der Waals surface area contributed by atoms with Crippen molar-refractivity contribution >= 4 is 27.2 Å². The van der Waals surface area contributed by atoms with Crippen molar-refractivity contribution in [2.24, 2.45) is 0 Å². The van der Waals surface area contributed by atoms with Gasteiger partial charge in [-0.15, -0.1) is 0 Å². The number of sulfonamides is 1. The molecule has 3 aromatic carbocycles. The van der Waals surface area contributed by atoms with Crippen molar-refractivity contribution in [2.75, 3.05) is 6.54 Å². The van der Waals surface area contributed by atoms with Gasteiger partial charge in [0.1, 0.15) is 6.29 Å². The summed E-state index contributed by atoms with van der Waals surface area (Å²) in [6, 6.07) is 21.7. The third-order valence-corrected chi connectivity index (χ3v) is 7.88. The molecular weight excluding hydrogens is 408 g/mol. The maximum atomic E-state index is 13.7. The molecule has 156 valence electrons. The van der Waals surface area contributed by atoms with Gasteiger partial charge in [0.2, 0.25) is 10.0 Å². The molecule has 6 heteroatoms. The van der Waals surface area contributed by atoms with Gasteiger partial charge in [0.15, 0.2) is 0 Å². The Morgan fingerprint density at radius 2 is 1.68 bits per heavy atom. The summed E-state index contributed by atoms with van der Waals surface area (Å²) in [6.45, 7) is 2.32. The van der Waals surface area contributed by atoms with Gasteiger partial charge in [-0.25, -0.2) is 8.42 Å². The van der Waals surface area contributed by atoms with Gasteiger partial charge < -0.3 is 4.98 Å². The van der Waals surface area contributed by atoms with E-state index < -0.39 is 16.1 Å². The monoisotopic (exact) mass is 430 g/mol. The average Bonchev–Trinajstić information content (AvgIpc) is 3.17. The Kier molecular flexibility index (Phi) is 4.76. The van der Waals surface area contributed by atoms with Crippen LogP contribution in [0.5, 0.6) is 0 Å². The summed E-state index contributed by atoms with van der Waals surface area (Å²) in [4.78, 5) is 14.9. The summed E-state index contributed by atoms with van der Waals surface area (Å²) >= 11 is 0. The molecule has 1 unspecified atom stereocenters.